The number of methoxy groups -OCH3 is 1. The van der Waals surface area contributed by atoms with E-state index in [1.165, 1.54) is 0 Å². The number of hydrogen-bond acceptors (Lipinski definition) is 5. The van der Waals surface area contributed by atoms with Crippen molar-refractivity contribution in [1.82, 2.24) is 9.97 Å². The van der Waals surface area contributed by atoms with Crippen LogP contribution in [0.5, 0.6) is 5.75 Å². The van der Waals surface area contributed by atoms with E-state index in [1.807, 2.05) is 24.3 Å². The van der Waals surface area contributed by atoms with Gasteiger partial charge in [-0.3, -0.25) is 0 Å². The van der Waals surface area contributed by atoms with E-state index in [4.69, 9.17) is 27.9 Å². The van der Waals surface area contributed by atoms with Gasteiger partial charge in [-0.1, -0.05) is 23.2 Å². The molecule has 0 unspecified atom stereocenters. The summed E-state index contributed by atoms with van der Waals surface area (Å²) in [6.07, 6.45) is 1.66. The summed E-state index contributed by atoms with van der Waals surface area (Å²) in [5, 5.41) is 7.39. The lowest BCUT2D eigenvalue weighted by molar-refractivity contribution is 0.415. The molecular formula is C17H14Cl2N4O. The number of nitrogens with zero attached hydrogens (tertiary/aromatic N) is 2. The molecule has 7 heteroatoms. The fourth-order valence-electron chi connectivity index (χ4n) is 2.07. The van der Waals surface area contributed by atoms with E-state index >= 15 is 0 Å². The average molecular weight is 361 g/mol. The molecule has 0 bridgehead atoms. The number of aromatic nitrogens is 2. The van der Waals surface area contributed by atoms with Gasteiger partial charge in [0.1, 0.15) is 11.6 Å². The van der Waals surface area contributed by atoms with Crippen molar-refractivity contribution < 1.29 is 4.74 Å². The monoisotopic (exact) mass is 360 g/mol. The SMILES string of the molecule is COc1ccc(Nc2nccc(Nc3cc(Cl)cc(Cl)c3)n2)cc1. The maximum Gasteiger partial charge on any atom is 0.229 e. The topological polar surface area (TPSA) is 59.1 Å². The smallest absolute Gasteiger partial charge is 0.229 e. The highest BCUT2D eigenvalue weighted by Crippen LogP contribution is 2.25. The van der Waals surface area contributed by atoms with Crippen molar-refractivity contribution in [3.05, 3.63) is 64.8 Å². The molecule has 1 aromatic heterocycles. The molecule has 5 nitrogen and oxygen atoms in total. The largest absolute Gasteiger partial charge is 0.497 e. The molecular weight excluding hydrogens is 347 g/mol. The van der Waals surface area contributed by atoms with Gasteiger partial charge in [0, 0.05) is 27.6 Å². The van der Waals surface area contributed by atoms with E-state index in [2.05, 4.69) is 20.6 Å². The Morgan fingerprint density at radius 1 is 0.875 bits per heavy atom. The van der Waals surface area contributed by atoms with Crippen molar-refractivity contribution in [1.29, 1.82) is 0 Å². The second-order valence-corrected chi connectivity index (χ2v) is 5.77. The highest BCUT2D eigenvalue weighted by Gasteiger charge is 2.03. The summed E-state index contributed by atoms with van der Waals surface area (Å²) in [7, 11) is 1.63. The van der Waals surface area contributed by atoms with Crippen LogP contribution in [0.4, 0.5) is 23.1 Å². The zero-order valence-corrected chi connectivity index (χ0v) is 14.3. The second kappa shape index (κ2) is 7.38. The van der Waals surface area contributed by atoms with Gasteiger partial charge in [0.2, 0.25) is 5.95 Å². The quantitative estimate of drug-likeness (QED) is 0.648. The van der Waals surface area contributed by atoms with Crippen LogP contribution in [0.25, 0.3) is 0 Å². The van der Waals surface area contributed by atoms with E-state index in [-0.39, 0.29) is 0 Å². The van der Waals surface area contributed by atoms with Crippen LogP contribution in [0.15, 0.2) is 54.7 Å². The number of ether oxygens (including phenoxy) is 1. The third kappa shape index (κ3) is 4.28. The van der Waals surface area contributed by atoms with Crippen LogP contribution in [0.2, 0.25) is 10.0 Å². The Bertz CT molecular complexity index is 820. The van der Waals surface area contributed by atoms with E-state index in [0.29, 0.717) is 21.8 Å². The first kappa shape index (κ1) is 16.4. The summed E-state index contributed by atoms with van der Waals surface area (Å²) in [6, 6.07) is 14.5. The van der Waals surface area contributed by atoms with Crippen molar-refractivity contribution in [3.8, 4) is 5.75 Å². The van der Waals surface area contributed by atoms with Gasteiger partial charge in [-0.25, -0.2) is 4.98 Å². The average Bonchev–Trinajstić information content (AvgIpc) is 2.55. The van der Waals surface area contributed by atoms with Gasteiger partial charge in [0.05, 0.1) is 7.11 Å². The van der Waals surface area contributed by atoms with Crippen molar-refractivity contribution in [2.45, 2.75) is 0 Å². The third-order valence-corrected chi connectivity index (χ3v) is 3.57. The predicted octanol–water partition coefficient (Wildman–Crippen LogP) is 5.28. The molecule has 24 heavy (non-hydrogen) atoms. The van der Waals surface area contributed by atoms with Crippen molar-refractivity contribution in [3.63, 3.8) is 0 Å². The van der Waals surface area contributed by atoms with E-state index in [1.54, 1.807) is 37.6 Å². The van der Waals surface area contributed by atoms with Gasteiger partial charge in [-0.2, -0.15) is 4.98 Å². The number of anilines is 4. The van der Waals surface area contributed by atoms with Crippen LogP contribution in [0.1, 0.15) is 0 Å². The molecule has 3 rings (SSSR count). The van der Waals surface area contributed by atoms with E-state index < -0.39 is 0 Å². The van der Waals surface area contributed by atoms with Crippen molar-refractivity contribution in [2.24, 2.45) is 0 Å². The highest BCUT2D eigenvalue weighted by molar-refractivity contribution is 6.35. The molecule has 0 aliphatic heterocycles. The molecule has 0 aliphatic rings. The molecule has 1 heterocycles. The molecule has 0 aliphatic carbocycles. The van der Waals surface area contributed by atoms with Gasteiger partial charge >= 0.3 is 0 Å². The molecule has 0 amide bonds. The highest BCUT2D eigenvalue weighted by atomic mass is 35.5. The summed E-state index contributed by atoms with van der Waals surface area (Å²) in [6.45, 7) is 0. The van der Waals surface area contributed by atoms with E-state index in [9.17, 15) is 0 Å². The zero-order chi connectivity index (χ0) is 16.9. The molecule has 2 aromatic carbocycles. The summed E-state index contributed by atoms with van der Waals surface area (Å²) < 4.78 is 5.13. The molecule has 0 atom stereocenters. The van der Waals surface area contributed by atoms with Crippen LogP contribution in [-0.2, 0) is 0 Å². The molecule has 0 spiro atoms. The summed E-state index contributed by atoms with van der Waals surface area (Å²) in [5.74, 6) is 1.88. The van der Waals surface area contributed by atoms with Gasteiger partial charge in [-0.15, -0.1) is 0 Å². The maximum absolute atomic E-state index is 6.00. The van der Waals surface area contributed by atoms with Gasteiger partial charge < -0.3 is 15.4 Å². The lowest BCUT2D eigenvalue weighted by Crippen LogP contribution is -2.00. The Kier molecular flexibility index (Phi) is 5.03. The Balaban J connectivity index is 1.75. The van der Waals surface area contributed by atoms with E-state index in [0.717, 1.165) is 17.1 Å². The summed E-state index contributed by atoms with van der Waals surface area (Å²) >= 11 is 12.0. The number of rotatable bonds is 5. The maximum atomic E-state index is 6.00. The summed E-state index contributed by atoms with van der Waals surface area (Å²) in [5.41, 5.74) is 1.61. The zero-order valence-electron chi connectivity index (χ0n) is 12.8. The van der Waals surface area contributed by atoms with Crippen LogP contribution in [0.3, 0.4) is 0 Å². The van der Waals surface area contributed by atoms with Crippen molar-refractivity contribution >= 4 is 46.3 Å². The minimum absolute atomic E-state index is 0.471. The van der Waals surface area contributed by atoms with Crippen LogP contribution < -0.4 is 15.4 Å². The predicted molar refractivity (Wildman–Crippen MR) is 98.1 cm³/mol. The number of hydrogen-bond donors (Lipinski definition) is 2. The molecule has 0 saturated heterocycles. The number of nitrogens with one attached hydrogen (secondary N) is 2. The first-order chi connectivity index (χ1) is 11.6. The molecule has 0 saturated carbocycles. The number of benzene rings is 2. The molecule has 0 radical (unpaired) electrons. The fraction of sp³-hybridized carbons (Fsp3) is 0.0588. The van der Waals surface area contributed by atoms with Gasteiger partial charge in [0.15, 0.2) is 0 Å². The second-order valence-electron chi connectivity index (χ2n) is 4.90. The summed E-state index contributed by atoms with van der Waals surface area (Å²) in [4.78, 5) is 8.62. The minimum Gasteiger partial charge on any atom is -0.497 e. The van der Waals surface area contributed by atoms with Crippen LogP contribution >= 0.6 is 23.2 Å². The lowest BCUT2D eigenvalue weighted by Gasteiger charge is -2.09. The van der Waals surface area contributed by atoms with Crippen LogP contribution in [-0.4, -0.2) is 17.1 Å². The Hall–Kier alpha value is -2.50. The Morgan fingerprint density at radius 2 is 1.58 bits per heavy atom. The first-order valence-corrected chi connectivity index (χ1v) is 7.85. The lowest BCUT2D eigenvalue weighted by atomic mass is 10.3. The minimum atomic E-state index is 0.471. The van der Waals surface area contributed by atoms with Crippen LogP contribution in [0, 0.1) is 0 Å². The molecule has 2 N–H and O–H groups in total. The molecule has 122 valence electrons. The first-order valence-electron chi connectivity index (χ1n) is 7.09. The van der Waals surface area contributed by atoms with Gasteiger partial charge in [-0.05, 0) is 48.5 Å². The molecule has 3 aromatic rings. The number of halogens is 2. The Labute approximate surface area is 149 Å². The van der Waals surface area contributed by atoms with Crippen molar-refractivity contribution in [2.75, 3.05) is 17.7 Å². The standard InChI is InChI=1S/C17H14Cl2N4O/c1-24-15-4-2-13(3-5-15)22-17-20-7-6-16(23-17)21-14-9-11(18)8-12(19)10-14/h2-10H,1H3,(H2,20,21,22,23). The normalized spacial score (nSPS) is 10.3. The third-order valence-electron chi connectivity index (χ3n) is 3.14. The molecule has 0 fully saturated rings. The van der Waals surface area contributed by atoms with Gasteiger partial charge in [0.25, 0.3) is 0 Å². The Morgan fingerprint density at radius 3 is 2.25 bits per heavy atom. The fourth-order valence-corrected chi connectivity index (χ4v) is 2.59.